The number of carbonyl (C=O) groups is 2. The SMILES string of the molecule is CCON(C(=O)C(=O)N(CC)c1ccccc1)c1cccc(C(C)(C)C)c1. The van der Waals surface area contributed by atoms with Gasteiger partial charge < -0.3 is 4.90 Å². The number of rotatable bonds is 5. The van der Waals surface area contributed by atoms with Crippen LogP contribution in [0.15, 0.2) is 54.6 Å². The Labute approximate surface area is 161 Å². The van der Waals surface area contributed by atoms with Crippen molar-refractivity contribution in [3.63, 3.8) is 0 Å². The summed E-state index contributed by atoms with van der Waals surface area (Å²) in [5.41, 5.74) is 2.20. The molecule has 144 valence electrons. The molecule has 0 aliphatic heterocycles. The summed E-state index contributed by atoms with van der Waals surface area (Å²) in [6, 6.07) is 16.7. The summed E-state index contributed by atoms with van der Waals surface area (Å²) >= 11 is 0. The molecule has 0 atom stereocenters. The lowest BCUT2D eigenvalue weighted by Gasteiger charge is -2.27. The highest BCUT2D eigenvalue weighted by Crippen LogP contribution is 2.27. The molecule has 0 fully saturated rings. The quantitative estimate of drug-likeness (QED) is 0.583. The first-order valence-electron chi connectivity index (χ1n) is 9.24. The van der Waals surface area contributed by atoms with Gasteiger partial charge in [0.05, 0.1) is 12.3 Å². The smallest absolute Gasteiger partial charge is 0.304 e. The van der Waals surface area contributed by atoms with Crippen LogP contribution in [0.4, 0.5) is 11.4 Å². The molecule has 0 N–H and O–H groups in total. The number of likely N-dealkylation sites (N-methyl/N-ethyl adjacent to an activating group) is 1. The summed E-state index contributed by atoms with van der Waals surface area (Å²) in [7, 11) is 0. The molecular weight excluding hydrogens is 340 g/mol. The van der Waals surface area contributed by atoms with Crippen molar-refractivity contribution in [2.75, 3.05) is 23.1 Å². The Balaban J connectivity index is 2.35. The van der Waals surface area contributed by atoms with E-state index in [4.69, 9.17) is 4.84 Å². The van der Waals surface area contributed by atoms with Crippen LogP contribution in [0.5, 0.6) is 0 Å². The fourth-order valence-electron chi connectivity index (χ4n) is 2.73. The minimum Gasteiger partial charge on any atom is -0.304 e. The second kappa shape index (κ2) is 8.82. The zero-order chi connectivity index (χ0) is 20.0. The van der Waals surface area contributed by atoms with Crippen molar-refractivity contribution >= 4 is 23.2 Å². The molecule has 2 amide bonds. The summed E-state index contributed by atoms with van der Waals surface area (Å²) in [4.78, 5) is 32.9. The number of nitrogens with zero attached hydrogens (tertiary/aromatic N) is 2. The Bertz CT molecular complexity index is 782. The number of hydrogen-bond acceptors (Lipinski definition) is 3. The maximum Gasteiger partial charge on any atom is 0.340 e. The molecular formula is C22H28N2O3. The largest absolute Gasteiger partial charge is 0.340 e. The van der Waals surface area contributed by atoms with Gasteiger partial charge in [0.25, 0.3) is 0 Å². The van der Waals surface area contributed by atoms with Crippen LogP contribution in [0.25, 0.3) is 0 Å². The number of benzene rings is 2. The van der Waals surface area contributed by atoms with Crippen molar-refractivity contribution in [2.45, 2.75) is 40.0 Å². The molecule has 0 radical (unpaired) electrons. The second-order valence-electron chi connectivity index (χ2n) is 7.20. The van der Waals surface area contributed by atoms with E-state index >= 15 is 0 Å². The van der Waals surface area contributed by atoms with Crippen LogP contribution in [0, 0.1) is 0 Å². The normalized spacial score (nSPS) is 11.1. The molecule has 2 rings (SSSR count). The van der Waals surface area contributed by atoms with Crippen LogP contribution in [0.1, 0.15) is 40.2 Å². The Morgan fingerprint density at radius 2 is 1.52 bits per heavy atom. The van der Waals surface area contributed by atoms with Gasteiger partial charge in [0.2, 0.25) is 0 Å². The van der Waals surface area contributed by atoms with E-state index in [1.807, 2.05) is 43.3 Å². The van der Waals surface area contributed by atoms with Crippen molar-refractivity contribution in [3.8, 4) is 0 Å². The lowest BCUT2D eigenvalue weighted by atomic mass is 9.87. The molecule has 0 aliphatic rings. The predicted octanol–water partition coefficient (Wildman–Crippen LogP) is 4.32. The number of amides is 2. The van der Waals surface area contributed by atoms with Crippen molar-refractivity contribution < 1.29 is 14.4 Å². The lowest BCUT2D eigenvalue weighted by molar-refractivity contribution is -0.140. The third-order valence-electron chi connectivity index (χ3n) is 4.20. The van der Waals surface area contributed by atoms with Gasteiger partial charge in [-0.3, -0.25) is 14.4 Å². The Morgan fingerprint density at radius 3 is 2.07 bits per heavy atom. The van der Waals surface area contributed by atoms with E-state index in [2.05, 4.69) is 20.8 Å². The van der Waals surface area contributed by atoms with Gasteiger partial charge in [-0.05, 0) is 49.1 Å². The molecule has 0 bridgehead atoms. The number of hydroxylamine groups is 1. The minimum absolute atomic E-state index is 0.0829. The van der Waals surface area contributed by atoms with Crippen LogP contribution < -0.4 is 9.96 Å². The first-order chi connectivity index (χ1) is 12.8. The number of carbonyl (C=O) groups excluding carboxylic acids is 2. The van der Waals surface area contributed by atoms with E-state index in [0.717, 1.165) is 10.6 Å². The highest BCUT2D eigenvalue weighted by atomic mass is 16.7. The van der Waals surface area contributed by atoms with E-state index in [1.165, 1.54) is 4.90 Å². The van der Waals surface area contributed by atoms with E-state index in [9.17, 15) is 9.59 Å². The molecule has 0 saturated heterocycles. The molecule has 0 aromatic heterocycles. The minimum atomic E-state index is -0.714. The van der Waals surface area contributed by atoms with Crippen molar-refractivity contribution in [1.29, 1.82) is 0 Å². The highest BCUT2D eigenvalue weighted by Gasteiger charge is 2.30. The third-order valence-corrected chi connectivity index (χ3v) is 4.20. The van der Waals surface area contributed by atoms with Crippen LogP contribution >= 0.6 is 0 Å². The van der Waals surface area contributed by atoms with Crippen LogP contribution in [-0.4, -0.2) is 25.0 Å². The van der Waals surface area contributed by atoms with Crippen molar-refractivity contribution in [2.24, 2.45) is 0 Å². The molecule has 5 heteroatoms. The van der Waals surface area contributed by atoms with Gasteiger partial charge >= 0.3 is 11.8 Å². The topological polar surface area (TPSA) is 49.9 Å². The summed E-state index contributed by atoms with van der Waals surface area (Å²) in [5.74, 6) is -1.34. The molecule has 0 unspecified atom stereocenters. The lowest BCUT2D eigenvalue weighted by Crippen LogP contribution is -2.45. The van der Waals surface area contributed by atoms with Gasteiger partial charge in [-0.1, -0.05) is 51.1 Å². The average molecular weight is 368 g/mol. The molecule has 5 nitrogen and oxygen atoms in total. The summed E-state index contributed by atoms with van der Waals surface area (Å²) in [6.45, 7) is 10.6. The molecule has 27 heavy (non-hydrogen) atoms. The first kappa shape index (κ1) is 20.6. The maximum absolute atomic E-state index is 13.0. The van der Waals surface area contributed by atoms with Gasteiger partial charge in [-0.15, -0.1) is 0 Å². The van der Waals surface area contributed by atoms with Crippen molar-refractivity contribution in [1.82, 2.24) is 0 Å². The van der Waals surface area contributed by atoms with Crippen LogP contribution in [-0.2, 0) is 19.8 Å². The van der Waals surface area contributed by atoms with Gasteiger partial charge in [0.1, 0.15) is 0 Å². The predicted molar refractivity (Wildman–Crippen MR) is 109 cm³/mol. The van der Waals surface area contributed by atoms with Gasteiger partial charge in [-0.2, -0.15) is 5.06 Å². The Hall–Kier alpha value is -2.66. The van der Waals surface area contributed by atoms with Gasteiger partial charge in [-0.25, -0.2) is 0 Å². The molecule has 2 aromatic rings. The van der Waals surface area contributed by atoms with Crippen LogP contribution in [0.2, 0.25) is 0 Å². The number of hydrogen-bond donors (Lipinski definition) is 0. The molecule has 0 spiro atoms. The van der Waals surface area contributed by atoms with Gasteiger partial charge in [0.15, 0.2) is 0 Å². The second-order valence-corrected chi connectivity index (χ2v) is 7.20. The van der Waals surface area contributed by atoms with Crippen LogP contribution in [0.3, 0.4) is 0 Å². The van der Waals surface area contributed by atoms with E-state index < -0.39 is 11.8 Å². The highest BCUT2D eigenvalue weighted by molar-refractivity contribution is 6.44. The number of anilines is 2. The zero-order valence-corrected chi connectivity index (χ0v) is 16.7. The molecule has 0 saturated carbocycles. The molecule has 0 heterocycles. The maximum atomic E-state index is 13.0. The van der Waals surface area contributed by atoms with Crippen molar-refractivity contribution in [3.05, 3.63) is 60.2 Å². The zero-order valence-electron chi connectivity index (χ0n) is 16.7. The summed E-state index contributed by atoms with van der Waals surface area (Å²) in [6.07, 6.45) is 0. The van der Waals surface area contributed by atoms with E-state index in [1.54, 1.807) is 25.1 Å². The average Bonchev–Trinajstić information content (AvgIpc) is 2.66. The van der Waals surface area contributed by atoms with Gasteiger partial charge in [0, 0.05) is 12.2 Å². The fraction of sp³-hybridized carbons (Fsp3) is 0.364. The van der Waals surface area contributed by atoms with E-state index in [-0.39, 0.29) is 12.0 Å². The Morgan fingerprint density at radius 1 is 0.889 bits per heavy atom. The first-order valence-corrected chi connectivity index (χ1v) is 9.24. The fourth-order valence-corrected chi connectivity index (χ4v) is 2.73. The number of para-hydroxylation sites is 1. The Kier molecular flexibility index (Phi) is 6.75. The molecule has 0 aliphatic carbocycles. The monoisotopic (exact) mass is 368 g/mol. The standard InChI is InChI=1S/C22H28N2O3/c1-6-23(18-13-9-8-10-14-18)20(25)21(26)24(27-7-2)19-15-11-12-17(16-19)22(3,4)5/h8-16H,6-7H2,1-5H3. The third kappa shape index (κ3) is 4.95. The molecule has 2 aromatic carbocycles. The summed E-state index contributed by atoms with van der Waals surface area (Å²) in [5, 5.41) is 1.10. The van der Waals surface area contributed by atoms with E-state index in [0.29, 0.717) is 17.9 Å². The summed E-state index contributed by atoms with van der Waals surface area (Å²) < 4.78 is 0.